The molecule has 0 radical (unpaired) electrons. The molecule has 2 aromatic rings. The molecule has 0 amide bonds. The molecule has 1 aromatic carbocycles. The van der Waals surface area contributed by atoms with Gasteiger partial charge in [0, 0.05) is 30.7 Å². The molecular formula is C15H16ClN3O2. The second-order valence-electron chi connectivity index (χ2n) is 5.23. The van der Waals surface area contributed by atoms with Gasteiger partial charge in [0.15, 0.2) is 11.7 Å². The average molecular weight is 306 g/mol. The zero-order valence-electron chi connectivity index (χ0n) is 11.4. The van der Waals surface area contributed by atoms with Crippen molar-refractivity contribution >= 4 is 34.5 Å². The highest BCUT2D eigenvalue weighted by atomic mass is 35.5. The third-order valence-corrected chi connectivity index (χ3v) is 3.99. The first-order valence-corrected chi connectivity index (χ1v) is 7.31. The summed E-state index contributed by atoms with van der Waals surface area (Å²) in [6.07, 6.45) is 4.36. The van der Waals surface area contributed by atoms with E-state index in [4.69, 9.17) is 17.3 Å². The molecule has 3 rings (SSSR count). The summed E-state index contributed by atoms with van der Waals surface area (Å²) in [5.74, 6) is 0. The fourth-order valence-corrected chi connectivity index (χ4v) is 2.70. The van der Waals surface area contributed by atoms with E-state index in [0.29, 0.717) is 41.5 Å². The van der Waals surface area contributed by atoms with E-state index in [0.717, 1.165) is 18.4 Å². The van der Waals surface area contributed by atoms with E-state index in [9.17, 15) is 9.59 Å². The largest absolute Gasteiger partial charge is 0.383 e. The molecule has 0 atom stereocenters. The van der Waals surface area contributed by atoms with Gasteiger partial charge in [-0.15, -0.1) is 0 Å². The number of fused-ring (bicyclic) bond motifs is 1. The maximum atomic E-state index is 12.4. The molecule has 6 heteroatoms. The number of nitrogens with zero attached hydrogens (tertiary/aromatic N) is 1. The number of rotatable bonds is 5. The van der Waals surface area contributed by atoms with Crippen LogP contribution in [0.3, 0.4) is 0 Å². The van der Waals surface area contributed by atoms with Crippen molar-refractivity contribution in [1.29, 1.82) is 0 Å². The molecule has 1 fully saturated rings. The van der Waals surface area contributed by atoms with Gasteiger partial charge in [-0.3, -0.25) is 9.59 Å². The molecule has 0 aliphatic heterocycles. The first-order chi connectivity index (χ1) is 10.2. The Morgan fingerprint density at radius 2 is 2.19 bits per heavy atom. The molecule has 110 valence electrons. The van der Waals surface area contributed by atoms with Crippen LogP contribution in [0.15, 0.2) is 23.1 Å². The topological polar surface area (TPSA) is 77.1 Å². The summed E-state index contributed by atoms with van der Waals surface area (Å²) in [6.45, 7) is 1.03. The molecule has 1 saturated carbocycles. The van der Waals surface area contributed by atoms with Crippen LogP contribution < -0.4 is 16.5 Å². The van der Waals surface area contributed by atoms with Crippen molar-refractivity contribution in [3.05, 3.63) is 39.1 Å². The summed E-state index contributed by atoms with van der Waals surface area (Å²) in [6, 6.07) is 3.84. The molecule has 1 aliphatic rings. The number of nitrogens with two attached hydrogens (primary N) is 1. The standard InChI is InChI=1S/C15H16ClN3O2/c16-12-6-14-11(5-13(12)18-4-3-17)15(21)9(8-20)7-19(14)10-1-2-10/h5-8,10,18H,1-4,17H2. The van der Waals surface area contributed by atoms with Crippen LogP contribution in [0.1, 0.15) is 29.2 Å². The molecule has 0 unspecified atom stereocenters. The fraction of sp³-hybridized carbons (Fsp3) is 0.333. The minimum atomic E-state index is -0.260. The highest BCUT2D eigenvalue weighted by Crippen LogP contribution is 2.38. The van der Waals surface area contributed by atoms with Gasteiger partial charge in [0.1, 0.15) is 0 Å². The summed E-state index contributed by atoms with van der Waals surface area (Å²) in [5.41, 5.74) is 6.83. The molecule has 1 aromatic heterocycles. The van der Waals surface area contributed by atoms with Crippen LogP contribution in [-0.4, -0.2) is 23.9 Å². The van der Waals surface area contributed by atoms with Crippen molar-refractivity contribution in [2.75, 3.05) is 18.4 Å². The van der Waals surface area contributed by atoms with Gasteiger partial charge >= 0.3 is 0 Å². The summed E-state index contributed by atoms with van der Waals surface area (Å²) in [5, 5.41) is 4.14. The summed E-state index contributed by atoms with van der Waals surface area (Å²) >= 11 is 6.27. The van der Waals surface area contributed by atoms with Gasteiger partial charge in [-0.05, 0) is 25.0 Å². The van der Waals surface area contributed by atoms with E-state index in [1.807, 2.05) is 4.57 Å². The molecule has 5 nitrogen and oxygen atoms in total. The van der Waals surface area contributed by atoms with Crippen LogP contribution in [-0.2, 0) is 0 Å². The molecule has 3 N–H and O–H groups in total. The van der Waals surface area contributed by atoms with E-state index in [1.54, 1.807) is 18.3 Å². The predicted octanol–water partition coefficient (Wildman–Crippen LogP) is 2.17. The van der Waals surface area contributed by atoms with Crippen molar-refractivity contribution in [3.8, 4) is 0 Å². The lowest BCUT2D eigenvalue weighted by atomic mass is 10.1. The van der Waals surface area contributed by atoms with Crippen LogP contribution in [0, 0.1) is 0 Å². The Balaban J connectivity index is 2.25. The van der Waals surface area contributed by atoms with Crippen molar-refractivity contribution in [2.24, 2.45) is 5.73 Å². The van der Waals surface area contributed by atoms with Gasteiger partial charge in [-0.25, -0.2) is 0 Å². The Morgan fingerprint density at radius 1 is 1.43 bits per heavy atom. The molecule has 0 saturated heterocycles. The quantitative estimate of drug-likeness (QED) is 0.830. The zero-order chi connectivity index (χ0) is 15.0. The first-order valence-electron chi connectivity index (χ1n) is 6.93. The number of nitrogens with one attached hydrogen (secondary N) is 1. The lowest BCUT2D eigenvalue weighted by molar-refractivity contribution is 0.112. The molecule has 1 heterocycles. The number of carbonyl (C=O) groups excluding carboxylic acids is 1. The number of benzene rings is 1. The van der Waals surface area contributed by atoms with Crippen LogP contribution in [0.4, 0.5) is 5.69 Å². The lowest BCUT2D eigenvalue weighted by Gasteiger charge is -2.14. The second-order valence-corrected chi connectivity index (χ2v) is 5.64. The van der Waals surface area contributed by atoms with E-state index < -0.39 is 0 Å². The van der Waals surface area contributed by atoms with Crippen LogP contribution in [0.5, 0.6) is 0 Å². The van der Waals surface area contributed by atoms with E-state index >= 15 is 0 Å². The monoisotopic (exact) mass is 305 g/mol. The van der Waals surface area contributed by atoms with Crippen LogP contribution in [0.25, 0.3) is 10.9 Å². The summed E-state index contributed by atoms with van der Waals surface area (Å²) in [7, 11) is 0. The van der Waals surface area contributed by atoms with Gasteiger partial charge in [0.25, 0.3) is 0 Å². The van der Waals surface area contributed by atoms with Gasteiger partial charge in [-0.1, -0.05) is 11.6 Å². The summed E-state index contributed by atoms with van der Waals surface area (Å²) < 4.78 is 1.99. The number of hydrogen-bond acceptors (Lipinski definition) is 4. The number of aldehydes is 1. The number of aromatic nitrogens is 1. The van der Waals surface area contributed by atoms with Crippen molar-refractivity contribution < 1.29 is 4.79 Å². The summed E-state index contributed by atoms with van der Waals surface area (Å²) in [4.78, 5) is 23.5. The average Bonchev–Trinajstić information content (AvgIpc) is 3.30. The van der Waals surface area contributed by atoms with Crippen molar-refractivity contribution in [2.45, 2.75) is 18.9 Å². The van der Waals surface area contributed by atoms with Gasteiger partial charge < -0.3 is 15.6 Å². The normalized spacial score (nSPS) is 14.4. The Morgan fingerprint density at radius 3 is 2.81 bits per heavy atom. The second kappa shape index (κ2) is 5.50. The van der Waals surface area contributed by atoms with Crippen molar-refractivity contribution in [1.82, 2.24) is 4.57 Å². The molecule has 0 spiro atoms. The minimum absolute atomic E-state index is 0.182. The number of carbonyl (C=O) groups is 1. The molecular weight excluding hydrogens is 290 g/mol. The Bertz CT molecular complexity index is 766. The lowest BCUT2D eigenvalue weighted by Crippen LogP contribution is -2.16. The number of halogens is 1. The maximum absolute atomic E-state index is 12.4. The van der Waals surface area contributed by atoms with Gasteiger partial charge in [-0.2, -0.15) is 0 Å². The fourth-order valence-electron chi connectivity index (χ4n) is 2.47. The number of pyridine rings is 1. The highest BCUT2D eigenvalue weighted by Gasteiger charge is 2.25. The van der Waals surface area contributed by atoms with Gasteiger partial charge in [0.2, 0.25) is 0 Å². The van der Waals surface area contributed by atoms with Crippen molar-refractivity contribution in [3.63, 3.8) is 0 Å². The molecule has 1 aliphatic carbocycles. The Labute approximate surface area is 126 Å². The maximum Gasteiger partial charge on any atom is 0.199 e. The Kier molecular flexibility index (Phi) is 3.69. The minimum Gasteiger partial charge on any atom is -0.383 e. The Hall–Kier alpha value is -1.85. The van der Waals surface area contributed by atoms with Crippen LogP contribution in [0.2, 0.25) is 5.02 Å². The smallest absolute Gasteiger partial charge is 0.199 e. The van der Waals surface area contributed by atoms with E-state index in [2.05, 4.69) is 5.32 Å². The van der Waals surface area contributed by atoms with E-state index in [1.165, 1.54) is 0 Å². The SMILES string of the molecule is NCCNc1cc2c(=O)c(C=O)cn(C3CC3)c2cc1Cl. The van der Waals surface area contributed by atoms with E-state index in [-0.39, 0.29) is 11.0 Å². The first kappa shape index (κ1) is 14.1. The van der Waals surface area contributed by atoms with Gasteiger partial charge in [0.05, 0.1) is 21.8 Å². The molecule has 21 heavy (non-hydrogen) atoms. The highest BCUT2D eigenvalue weighted by molar-refractivity contribution is 6.34. The van der Waals surface area contributed by atoms with Crippen LogP contribution >= 0.6 is 11.6 Å². The third kappa shape index (κ3) is 2.54. The molecule has 0 bridgehead atoms. The number of hydrogen-bond donors (Lipinski definition) is 2. The number of anilines is 1. The zero-order valence-corrected chi connectivity index (χ0v) is 12.2. The predicted molar refractivity (Wildman–Crippen MR) is 84.4 cm³/mol. The third-order valence-electron chi connectivity index (χ3n) is 3.68.